The van der Waals surface area contributed by atoms with Crippen LogP contribution in [0.4, 0.5) is 0 Å². The van der Waals surface area contributed by atoms with Gasteiger partial charge in [0.1, 0.15) is 5.75 Å². The van der Waals surface area contributed by atoms with Crippen LogP contribution in [0.15, 0.2) is 30.3 Å². The highest BCUT2D eigenvalue weighted by Gasteiger charge is 2.37. The van der Waals surface area contributed by atoms with E-state index in [-0.39, 0.29) is 23.7 Å². The lowest BCUT2D eigenvalue weighted by Gasteiger charge is -2.36. The second-order valence-electron chi connectivity index (χ2n) is 7.89. The highest BCUT2D eigenvalue weighted by Crippen LogP contribution is 2.33. The number of carbonyl (C=O) groups excluding carboxylic acids is 2. The summed E-state index contributed by atoms with van der Waals surface area (Å²) >= 11 is 0. The predicted octanol–water partition coefficient (Wildman–Crippen LogP) is 2.96. The SMILES string of the molecule is COc1ccc(C2=CCN(C(=O)[C@@H]3CCCN(C(=O)C4CC4)C3)CC2)cc1. The lowest BCUT2D eigenvalue weighted by atomic mass is 9.94. The van der Waals surface area contributed by atoms with Crippen LogP contribution in [0, 0.1) is 11.8 Å². The van der Waals surface area contributed by atoms with Gasteiger partial charge in [-0.05, 0) is 55.4 Å². The number of hydrogen-bond donors (Lipinski definition) is 0. The molecule has 1 saturated heterocycles. The Morgan fingerprint density at radius 1 is 0.963 bits per heavy atom. The summed E-state index contributed by atoms with van der Waals surface area (Å²) in [4.78, 5) is 29.2. The van der Waals surface area contributed by atoms with Crippen molar-refractivity contribution in [2.24, 2.45) is 11.8 Å². The first-order chi connectivity index (χ1) is 13.2. The molecule has 0 aromatic heterocycles. The second kappa shape index (κ2) is 7.75. The number of likely N-dealkylation sites (tertiary alicyclic amines) is 1. The van der Waals surface area contributed by atoms with E-state index in [9.17, 15) is 9.59 Å². The number of piperidine rings is 1. The average molecular weight is 368 g/mol. The number of amides is 2. The van der Waals surface area contributed by atoms with Crippen LogP contribution in [0.1, 0.15) is 37.7 Å². The Bertz CT molecular complexity index is 736. The zero-order valence-corrected chi connectivity index (χ0v) is 16.0. The molecule has 0 spiro atoms. The summed E-state index contributed by atoms with van der Waals surface area (Å²) in [6, 6.07) is 8.09. The molecular formula is C22H28N2O3. The van der Waals surface area contributed by atoms with Crippen molar-refractivity contribution in [2.75, 3.05) is 33.3 Å². The molecule has 4 rings (SSSR count). The third kappa shape index (κ3) is 4.02. The number of benzene rings is 1. The van der Waals surface area contributed by atoms with Crippen molar-refractivity contribution in [3.8, 4) is 5.75 Å². The molecule has 144 valence electrons. The smallest absolute Gasteiger partial charge is 0.227 e. The van der Waals surface area contributed by atoms with Gasteiger partial charge in [0.15, 0.2) is 0 Å². The van der Waals surface area contributed by atoms with E-state index in [1.54, 1.807) is 7.11 Å². The normalized spacial score (nSPS) is 23.0. The quantitative estimate of drug-likeness (QED) is 0.821. The molecule has 0 unspecified atom stereocenters. The fraction of sp³-hybridized carbons (Fsp3) is 0.545. The number of rotatable bonds is 4. The average Bonchev–Trinajstić information content (AvgIpc) is 3.58. The molecule has 1 atom stereocenters. The third-order valence-corrected chi connectivity index (χ3v) is 5.99. The Labute approximate surface area is 161 Å². The van der Waals surface area contributed by atoms with Crippen LogP contribution in [0.5, 0.6) is 5.75 Å². The molecule has 0 bridgehead atoms. The zero-order valence-electron chi connectivity index (χ0n) is 16.0. The largest absolute Gasteiger partial charge is 0.497 e. The van der Waals surface area contributed by atoms with Gasteiger partial charge in [-0.25, -0.2) is 0 Å². The van der Waals surface area contributed by atoms with Gasteiger partial charge in [0, 0.05) is 32.1 Å². The van der Waals surface area contributed by atoms with E-state index in [0.29, 0.717) is 13.1 Å². The van der Waals surface area contributed by atoms with E-state index < -0.39 is 0 Å². The number of methoxy groups -OCH3 is 1. The van der Waals surface area contributed by atoms with Gasteiger partial charge in [-0.15, -0.1) is 0 Å². The number of hydrogen-bond acceptors (Lipinski definition) is 3. The molecule has 3 aliphatic rings. The minimum Gasteiger partial charge on any atom is -0.497 e. The minimum atomic E-state index is -0.0302. The molecule has 1 aromatic carbocycles. The van der Waals surface area contributed by atoms with Crippen LogP contribution in [0.3, 0.4) is 0 Å². The van der Waals surface area contributed by atoms with Crippen LogP contribution in [0.2, 0.25) is 0 Å². The second-order valence-corrected chi connectivity index (χ2v) is 7.89. The van der Waals surface area contributed by atoms with Gasteiger partial charge in [0.25, 0.3) is 0 Å². The molecule has 27 heavy (non-hydrogen) atoms. The van der Waals surface area contributed by atoms with Gasteiger partial charge in [-0.2, -0.15) is 0 Å². The lowest BCUT2D eigenvalue weighted by Crippen LogP contribution is -2.48. The fourth-order valence-electron chi connectivity index (χ4n) is 4.16. The van der Waals surface area contributed by atoms with E-state index in [1.165, 1.54) is 11.1 Å². The van der Waals surface area contributed by atoms with Crippen LogP contribution >= 0.6 is 0 Å². The number of carbonyl (C=O) groups is 2. The molecular weight excluding hydrogens is 340 g/mol. The van der Waals surface area contributed by atoms with Crippen LogP contribution in [-0.2, 0) is 9.59 Å². The Balaban J connectivity index is 1.35. The maximum absolute atomic E-state index is 13.0. The summed E-state index contributed by atoms with van der Waals surface area (Å²) in [6.07, 6.45) is 6.93. The summed E-state index contributed by atoms with van der Waals surface area (Å²) in [5.74, 6) is 1.55. The standard InChI is InChI=1S/C22H28N2O3/c1-27-20-8-6-16(7-9-20)17-10-13-23(14-11-17)22(26)19-3-2-12-24(15-19)21(25)18-4-5-18/h6-10,18-19H,2-5,11-15H2,1H3/t19-/m1/s1. The van der Waals surface area contributed by atoms with Gasteiger partial charge in [0.05, 0.1) is 13.0 Å². The molecule has 1 saturated carbocycles. The maximum Gasteiger partial charge on any atom is 0.227 e. The fourth-order valence-corrected chi connectivity index (χ4v) is 4.16. The van der Waals surface area contributed by atoms with E-state index in [1.807, 2.05) is 21.9 Å². The Kier molecular flexibility index (Phi) is 5.19. The summed E-state index contributed by atoms with van der Waals surface area (Å²) in [6.45, 7) is 2.84. The summed E-state index contributed by atoms with van der Waals surface area (Å²) in [7, 11) is 1.67. The van der Waals surface area contributed by atoms with E-state index >= 15 is 0 Å². The van der Waals surface area contributed by atoms with Crippen molar-refractivity contribution in [1.29, 1.82) is 0 Å². The Morgan fingerprint density at radius 3 is 2.33 bits per heavy atom. The minimum absolute atomic E-state index is 0.0302. The molecule has 2 aliphatic heterocycles. The molecule has 2 heterocycles. The van der Waals surface area contributed by atoms with Crippen molar-refractivity contribution >= 4 is 17.4 Å². The zero-order chi connectivity index (χ0) is 18.8. The number of ether oxygens (including phenoxy) is 1. The van der Waals surface area contributed by atoms with E-state index in [0.717, 1.165) is 50.9 Å². The highest BCUT2D eigenvalue weighted by molar-refractivity contribution is 5.84. The van der Waals surface area contributed by atoms with Gasteiger partial charge in [-0.3, -0.25) is 9.59 Å². The van der Waals surface area contributed by atoms with Crippen molar-refractivity contribution in [2.45, 2.75) is 32.1 Å². The van der Waals surface area contributed by atoms with Gasteiger partial charge >= 0.3 is 0 Å². The molecule has 2 amide bonds. The van der Waals surface area contributed by atoms with Crippen molar-refractivity contribution in [3.05, 3.63) is 35.9 Å². The molecule has 1 aromatic rings. The van der Waals surface area contributed by atoms with Gasteiger partial charge < -0.3 is 14.5 Å². The van der Waals surface area contributed by atoms with Crippen LogP contribution in [-0.4, -0.2) is 54.9 Å². The van der Waals surface area contributed by atoms with Crippen LogP contribution < -0.4 is 4.74 Å². The van der Waals surface area contributed by atoms with Gasteiger partial charge in [0.2, 0.25) is 11.8 Å². The van der Waals surface area contributed by atoms with Crippen molar-refractivity contribution in [1.82, 2.24) is 9.80 Å². The van der Waals surface area contributed by atoms with Crippen LogP contribution in [0.25, 0.3) is 5.57 Å². The maximum atomic E-state index is 13.0. The van der Waals surface area contributed by atoms with Crippen molar-refractivity contribution < 1.29 is 14.3 Å². The molecule has 5 nitrogen and oxygen atoms in total. The van der Waals surface area contributed by atoms with E-state index in [4.69, 9.17) is 4.74 Å². The Morgan fingerprint density at radius 2 is 1.70 bits per heavy atom. The highest BCUT2D eigenvalue weighted by atomic mass is 16.5. The third-order valence-electron chi connectivity index (χ3n) is 5.99. The number of nitrogens with zero attached hydrogens (tertiary/aromatic N) is 2. The topological polar surface area (TPSA) is 49.9 Å². The summed E-state index contributed by atoms with van der Waals surface area (Å²) in [5, 5.41) is 0. The lowest BCUT2D eigenvalue weighted by molar-refractivity contribution is -0.141. The summed E-state index contributed by atoms with van der Waals surface area (Å²) in [5.41, 5.74) is 2.48. The molecule has 1 aliphatic carbocycles. The Hall–Kier alpha value is -2.30. The molecule has 0 radical (unpaired) electrons. The predicted molar refractivity (Wildman–Crippen MR) is 104 cm³/mol. The molecule has 2 fully saturated rings. The van der Waals surface area contributed by atoms with E-state index in [2.05, 4.69) is 18.2 Å². The van der Waals surface area contributed by atoms with Gasteiger partial charge in [-0.1, -0.05) is 18.2 Å². The van der Waals surface area contributed by atoms with Crippen molar-refractivity contribution in [3.63, 3.8) is 0 Å². The molecule has 5 heteroatoms. The first kappa shape index (κ1) is 18.1. The monoisotopic (exact) mass is 368 g/mol. The molecule has 0 N–H and O–H groups in total. The first-order valence-corrected chi connectivity index (χ1v) is 10.1. The summed E-state index contributed by atoms with van der Waals surface area (Å²) < 4.78 is 5.22. The first-order valence-electron chi connectivity index (χ1n) is 10.1.